The Morgan fingerprint density at radius 3 is 2.54 bits per heavy atom. The Kier molecular flexibility index (Phi) is 2.18. The summed E-state index contributed by atoms with van der Waals surface area (Å²) in [5.41, 5.74) is 0.542. The van der Waals surface area contributed by atoms with E-state index in [-0.39, 0.29) is 6.10 Å². The zero-order valence-corrected chi connectivity index (χ0v) is 9.09. The van der Waals surface area contributed by atoms with Gasteiger partial charge in [0.1, 0.15) is 0 Å². The summed E-state index contributed by atoms with van der Waals surface area (Å²) in [4.78, 5) is 0. The van der Waals surface area contributed by atoms with Crippen LogP contribution in [0.25, 0.3) is 0 Å². The van der Waals surface area contributed by atoms with E-state index in [9.17, 15) is 5.11 Å². The molecule has 1 heteroatoms. The van der Waals surface area contributed by atoms with E-state index in [1.165, 1.54) is 25.7 Å². The van der Waals surface area contributed by atoms with Gasteiger partial charge in [0.25, 0.3) is 0 Å². The zero-order valence-electron chi connectivity index (χ0n) is 9.09. The molecule has 1 N–H and O–H groups in total. The van der Waals surface area contributed by atoms with Gasteiger partial charge in [0.15, 0.2) is 0 Å². The lowest BCUT2D eigenvalue weighted by Gasteiger charge is -2.36. The fourth-order valence-corrected chi connectivity index (χ4v) is 3.48. The molecule has 0 spiro atoms. The van der Waals surface area contributed by atoms with Crippen molar-refractivity contribution in [2.24, 2.45) is 23.2 Å². The maximum Gasteiger partial charge on any atom is 0.0543 e. The molecular formula is C12H22O. The molecule has 0 radical (unpaired) electrons. The van der Waals surface area contributed by atoms with Gasteiger partial charge < -0.3 is 5.11 Å². The molecular weight excluding hydrogens is 160 g/mol. The van der Waals surface area contributed by atoms with E-state index >= 15 is 0 Å². The van der Waals surface area contributed by atoms with Gasteiger partial charge in [-0.3, -0.25) is 0 Å². The highest BCUT2D eigenvalue weighted by Crippen LogP contribution is 2.55. The molecule has 0 aromatic heterocycles. The van der Waals surface area contributed by atoms with Gasteiger partial charge >= 0.3 is 0 Å². The van der Waals surface area contributed by atoms with Crippen molar-refractivity contribution in [1.82, 2.24) is 0 Å². The summed E-state index contributed by atoms with van der Waals surface area (Å²) >= 11 is 0. The highest BCUT2D eigenvalue weighted by Gasteiger charge is 2.46. The number of aliphatic hydroxyl groups excluding tert-OH is 1. The van der Waals surface area contributed by atoms with E-state index in [4.69, 9.17) is 0 Å². The van der Waals surface area contributed by atoms with Crippen molar-refractivity contribution < 1.29 is 5.11 Å². The molecule has 0 aliphatic heterocycles. The van der Waals surface area contributed by atoms with Gasteiger partial charge in [-0.15, -0.1) is 0 Å². The van der Waals surface area contributed by atoms with Crippen LogP contribution in [0.2, 0.25) is 0 Å². The van der Waals surface area contributed by atoms with Gasteiger partial charge in [0.05, 0.1) is 6.10 Å². The third-order valence-corrected chi connectivity index (χ3v) is 4.63. The smallest absolute Gasteiger partial charge is 0.0543 e. The summed E-state index contributed by atoms with van der Waals surface area (Å²) in [6.07, 6.45) is 5.28. The molecule has 2 bridgehead atoms. The molecule has 2 aliphatic carbocycles. The Morgan fingerprint density at radius 2 is 2.00 bits per heavy atom. The first-order valence-corrected chi connectivity index (χ1v) is 5.69. The van der Waals surface area contributed by atoms with Crippen molar-refractivity contribution in [3.63, 3.8) is 0 Å². The molecule has 0 aromatic carbocycles. The van der Waals surface area contributed by atoms with Crippen LogP contribution in [0.1, 0.15) is 46.5 Å². The van der Waals surface area contributed by atoms with Gasteiger partial charge in [-0.1, -0.05) is 13.8 Å². The Labute approximate surface area is 81.5 Å². The summed E-state index contributed by atoms with van der Waals surface area (Å²) in [7, 11) is 0. The van der Waals surface area contributed by atoms with Crippen LogP contribution in [0.3, 0.4) is 0 Å². The molecule has 2 saturated carbocycles. The SMILES string of the molecule is CC(O)C1CC2C[C@@H]1CCC2(C)C. The first-order chi connectivity index (χ1) is 6.00. The van der Waals surface area contributed by atoms with Crippen molar-refractivity contribution >= 4 is 0 Å². The van der Waals surface area contributed by atoms with Gasteiger partial charge in [-0.05, 0) is 55.8 Å². The second-order valence-corrected chi connectivity index (χ2v) is 5.86. The molecule has 0 heterocycles. The van der Waals surface area contributed by atoms with E-state index in [1.54, 1.807) is 0 Å². The van der Waals surface area contributed by atoms with Crippen molar-refractivity contribution in [2.45, 2.75) is 52.6 Å². The van der Waals surface area contributed by atoms with E-state index in [1.807, 2.05) is 6.92 Å². The molecule has 2 fully saturated rings. The zero-order chi connectivity index (χ0) is 9.64. The van der Waals surface area contributed by atoms with E-state index in [0.29, 0.717) is 11.3 Å². The second kappa shape index (κ2) is 2.98. The van der Waals surface area contributed by atoms with Crippen molar-refractivity contribution in [3.05, 3.63) is 0 Å². The van der Waals surface area contributed by atoms with Gasteiger partial charge in [-0.2, -0.15) is 0 Å². The van der Waals surface area contributed by atoms with Crippen molar-refractivity contribution in [3.8, 4) is 0 Å². The van der Waals surface area contributed by atoms with E-state index < -0.39 is 0 Å². The van der Waals surface area contributed by atoms with E-state index in [0.717, 1.165) is 11.8 Å². The van der Waals surface area contributed by atoms with E-state index in [2.05, 4.69) is 13.8 Å². The summed E-state index contributed by atoms with van der Waals surface area (Å²) in [5, 5.41) is 9.67. The van der Waals surface area contributed by atoms with Crippen LogP contribution in [0.5, 0.6) is 0 Å². The Balaban J connectivity index is 2.11. The predicted octanol–water partition coefficient (Wildman–Crippen LogP) is 2.83. The van der Waals surface area contributed by atoms with Gasteiger partial charge in [0.2, 0.25) is 0 Å². The molecule has 0 saturated heterocycles. The largest absolute Gasteiger partial charge is 0.393 e. The summed E-state index contributed by atoms with van der Waals surface area (Å²) in [6, 6.07) is 0. The van der Waals surface area contributed by atoms with Crippen LogP contribution in [-0.2, 0) is 0 Å². The number of hydrogen-bond acceptors (Lipinski definition) is 1. The fourth-order valence-electron chi connectivity index (χ4n) is 3.48. The highest BCUT2D eigenvalue weighted by molar-refractivity contribution is 4.96. The lowest BCUT2D eigenvalue weighted by molar-refractivity contribution is 0.0979. The quantitative estimate of drug-likeness (QED) is 0.661. The Morgan fingerprint density at radius 1 is 1.31 bits per heavy atom. The molecule has 2 rings (SSSR count). The third-order valence-electron chi connectivity index (χ3n) is 4.63. The molecule has 4 atom stereocenters. The minimum atomic E-state index is -0.0797. The average molecular weight is 182 g/mol. The Bertz CT molecular complexity index is 195. The predicted molar refractivity (Wildman–Crippen MR) is 54.4 cm³/mol. The number of fused-ring (bicyclic) bond motifs is 2. The topological polar surface area (TPSA) is 20.2 Å². The molecule has 1 nitrogen and oxygen atoms in total. The number of hydrogen-bond donors (Lipinski definition) is 1. The monoisotopic (exact) mass is 182 g/mol. The van der Waals surface area contributed by atoms with Crippen LogP contribution >= 0.6 is 0 Å². The van der Waals surface area contributed by atoms with Gasteiger partial charge in [0, 0.05) is 0 Å². The lowest BCUT2D eigenvalue weighted by atomic mass is 9.70. The third kappa shape index (κ3) is 1.52. The standard InChI is InChI=1S/C12H22O/c1-8(13)11-7-10-6-9(11)4-5-12(10,2)3/h8-11,13H,4-7H2,1-3H3/t8?,9-,10?,11?/m0/s1. The van der Waals surface area contributed by atoms with Crippen molar-refractivity contribution in [1.29, 1.82) is 0 Å². The normalized spacial score (nSPS) is 44.8. The van der Waals surface area contributed by atoms with Crippen LogP contribution in [0, 0.1) is 23.2 Å². The fraction of sp³-hybridized carbons (Fsp3) is 1.00. The molecule has 13 heavy (non-hydrogen) atoms. The molecule has 76 valence electrons. The Hall–Kier alpha value is -0.0400. The second-order valence-electron chi connectivity index (χ2n) is 5.86. The highest BCUT2D eigenvalue weighted by atomic mass is 16.3. The number of rotatable bonds is 1. The molecule has 0 amide bonds. The summed E-state index contributed by atoms with van der Waals surface area (Å²) in [5.74, 6) is 2.32. The molecule has 0 aromatic rings. The van der Waals surface area contributed by atoms with Crippen LogP contribution in [0.4, 0.5) is 0 Å². The van der Waals surface area contributed by atoms with Gasteiger partial charge in [-0.25, -0.2) is 0 Å². The number of aliphatic hydroxyl groups is 1. The maximum atomic E-state index is 9.67. The summed E-state index contributed by atoms with van der Waals surface area (Å²) < 4.78 is 0. The minimum absolute atomic E-state index is 0.0797. The van der Waals surface area contributed by atoms with Crippen LogP contribution < -0.4 is 0 Å². The van der Waals surface area contributed by atoms with Crippen LogP contribution in [-0.4, -0.2) is 11.2 Å². The van der Waals surface area contributed by atoms with Crippen molar-refractivity contribution in [2.75, 3.05) is 0 Å². The molecule has 3 unspecified atom stereocenters. The summed E-state index contributed by atoms with van der Waals surface area (Å²) in [6.45, 7) is 6.77. The first kappa shape index (κ1) is 9.51. The lowest BCUT2D eigenvalue weighted by Crippen LogP contribution is -2.26. The molecule has 2 aliphatic rings. The van der Waals surface area contributed by atoms with Crippen LogP contribution in [0.15, 0.2) is 0 Å². The minimum Gasteiger partial charge on any atom is -0.393 e. The maximum absolute atomic E-state index is 9.67. The average Bonchev–Trinajstić information content (AvgIpc) is 2.39. The first-order valence-electron chi connectivity index (χ1n) is 5.69.